The van der Waals surface area contributed by atoms with E-state index in [1.807, 2.05) is 36.5 Å². The predicted molar refractivity (Wildman–Crippen MR) is 150 cm³/mol. The summed E-state index contributed by atoms with van der Waals surface area (Å²) in [7, 11) is 3.81. The lowest BCUT2D eigenvalue weighted by molar-refractivity contribution is -0.118. The number of likely N-dealkylation sites (N-methyl/N-ethyl adjacent to an activating group) is 1. The predicted octanol–water partition coefficient (Wildman–Crippen LogP) is 4.27. The number of hydrogen-bond acceptors (Lipinski definition) is 6. The van der Waals surface area contributed by atoms with Gasteiger partial charge in [-0.15, -0.1) is 0 Å². The molecule has 0 radical (unpaired) electrons. The summed E-state index contributed by atoms with van der Waals surface area (Å²) in [6.45, 7) is 4.14. The summed E-state index contributed by atoms with van der Waals surface area (Å²) in [5.41, 5.74) is 5.45. The van der Waals surface area contributed by atoms with Crippen LogP contribution in [0.15, 0.2) is 54.7 Å². The molecule has 8 nitrogen and oxygen atoms in total. The lowest BCUT2D eigenvalue weighted by Crippen LogP contribution is -2.44. The van der Waals surface area contributed by atoms with E-state index in [0.717, 1.165) is 83.1 Å². The topological polar surface area (TPSA) is 86.4 Å². The third-order valence-corrected chi connectivity index (χ3v) is 8.37. The van der Waals surface area contributed by atoms with E-state index in [4.69, 9.17) is 4.74 Å². The van der Waals surface area contributed by atoms with E-state index in [1.165, 1.54) is 0 Å². The minimum atomic E-state index is -0.510. The highest BCUT2D eigenvalue weighted by atomic mass is 16.5. The maximum absolute atomic E-state index is 13.0. The number of aromatic nitrogens is 3. The van der Waals surface area contributed by atoms with E-state index in [2.05, 4.69) is 67.7 Å². The first-order chi connectivity index (χ1) is 18.5. The van der Waals surface area contributed by atoms with Crippen molar-refractivity contribution >= 4 is 40.5 Å². The monoisotopic (exact) mass is 506 g/mol. The van der Waals surface area contributed by atoms with Gasteiger partial charge in [-0.25, -0.2) is 4.98 Å². The molecule has 1 saturated carbocycles. The van der Waals surface area contributed by atoms with Crippen molar-refractivity contribution in [1.29, 1.82) is 0 Å². The molecule has 2 N–H and O–H groups in total. The van der Waals surface area contributed by atoms with Crippen LogP contribution in [0.4, 0.5) is 11.5 Å². The molecular formula is C30H30N6O2. The number of aromatic amines is 1. The van der Waals surface area contributed by atoms with Gasteiger partial charge in [0.2, 0.25) is 5.91 Å². The van der Waals surface area contributed by atoms with E-state index in [0.29, 0.717) is 0 Å². The minimum absolute atomic E-state index is 0.0753. The summed E-state index contributed by atoms with van der Waals surface area (Å²) < 4.78 is 5.42. The number of carbonyl (C=O) groups is 1. The summed E-state index contributed by atoms with van der Waals surface area (Å²) in [6.07, 6.45) is 6.79. The number of benzene rings is 2. The van der Waals surface area contributed by atoms with Gasteiger partial charge in [0.25, 0.3) is 0 Å². The van der Waals surface area contributed by atoms with Gasteiger partial charge in [-0.3, -0.25) is 9.89 Å². The number of rotatable bonds is 5. The molecule has 1 unspecified atom stereocenters. The van der Waals surface area contributed by atoms with Crippen molar-refractivity contribution < 1.29 is 9.53 Å². The Bertz CT molecular complexity index is 1570. The molecule has 2 aromatic carbocycles. The molecule has 8 heteroatoms. The number of methoxy groups -OCH3 is 1. The largest absolute Gasteiger partial charge is 0.497 e. The second-order valence-corrected chi connectivity index (χ2v) is 10.6. The van der Waals surface area contributed by atoms with Crippen LogP contribution in [0.2, 0.25) is 0 Å². The van der Waals surface area contributed by atoms with Crippen molar-refractivity contribution in [1.82, 2.24) is 20.1 Å². The van der Waals surface area contributed by atoms with Crippen LogP contribution in [0, 0.1) is 0 Å². The maximum Gasteiger partial charge on any atom is 0.235 e. The van der Waals surface area contributed by atoms with Crippen molar-refractivity contribution in [3.8, 4) is 5.75 Å². The number of ether oxygens (including phenoxy) is 1. The molecule has 0 bridgehead atoms. The number of amides is 1. The second-order valence-electron chi connectivity index (χ2n) is 10.6. The van der Waals surface area contributed by atoms with E-state index in [1.54, 1.807) is 7.11 Å². The summed E-state index contributed by atoms with van der Waals surface area (Å²) in [6, 6.07) is 16.4. The van der Waals surface area contributed by atoms with Gasteiger partial charge in [0.05, 0.1) is 23.7 Å². The fourth-order valence-corrected chi connectivity index (χ4v) is 5.99. The molecule has 4 aromatic rings. The van der Waals surface area contributed by atoms with Crippen LogP contribution in [0.3, 0.4) is 0 Å². The summed E-state index contributed by atoms with van der Waals surface area (Å²) in [5, 5.41) is 11.9. The molecule has 1 spiro atoms. The number of fused-ring (bicyclic) bond motifs is 3. The van der Waals surface area contributed by atoms with E-state index >= 15 is 0 Å². The average molecular weight is 507 g/mol. The number of pyridine rings is 1. The Balaban J connectivity index is 1.09. The van der Waals surface area contributed by atoms with Crippen LogP contribution < -0.4 is 15.0 Å². The smallest absolute Gasteiger partial charge is 0.235 e. The summed E-state index contributed by atoms with van der Waals surface area (Å²) in [4.78, 5) is 22.4. The Kier molecular flexibility index (Phi) is 5.26. The van der Waals surface area contributed by atoms with Gasteiger partial charge >= 0.3 is 0 Å². The maximum atomic E-state index is 13.0. The zero-order valence-electron chi connectivity index (χ0n) is 21.6. The van der Waals surface area contributed by atoms with Crippen LogP contribution in [0.5, 0.6) is 5.75 Å². The molecular weight excluding hydrogens is 476 g/mol. The first-order valence-corrected chi connectivity index (χ1v) is 13.1. The normalized spacial score (nSPS) is 22.8. The van der Waals surface area contributed by atoms with Crippen LogP contribution in [0.25, 0.3) is 23.1 Å². The number of piperazine rings is 1. The molecule has 192 valence electrons. The Morgan fingerprint density at radius 3 is 2.71 bits per heavy atom. The first-order valence-electron chi connectivity index (χ1n) is 13.1. The lowest BCUT2D eigenvalue weighted by Gasteiger charge is -2.33. The highest BCUT2D eigenvalue weighted by molar-refractivity contribution is 6.10. The highest BCUT2D eigenvalue weighted by Crippen LogP contribution is 2.65. The van der Waals surface area contributed by atoms with Gasteiger partial charge in [0.15, 0.2) is 0 Å². The van der Waals surface area contributed by atoms with Crippen molar-refractivity contribution in [3.05, 3.63) is 77.1 Å². The van der Waals surface area contributed by atoms with Gasteiger partial charge in [-0.05, 0) is 72.6 Å². The molecule has 7 rings (SSSR count). The molecule has 38 heavy (non-hydrogen) atoms. The molecule has 2 atom stereocenters. The van der Waals surface area contributed by atoms with Crippen molar-refractivity contribution in [2.24, 2.45) is 0 Å². The quantitative estimate of drug-likeness (QED) is 0.421. The van der Waals surface area contributed by atoms with Crippen LogP contribution in [0.1, 0.15) is 34.7 Å². The molecule has 1 saturated heterocycles. The molecule has 1 amide bonds. The van der Waals surface area contributed by atoms with Crippen LogP contribution >= 0.6 is 0 Å². The fourth-order valence-electron chi connectivity index (χ4n) is 5.99. The molecule has 2 fully saturated rings. The van der Waals surface area contributed by atoms with Crippen molar-refractivity contribution in [3.63, 3.8) is 0 Å². The van der Waals surface area contributed by atoms with E-state index < -0.39 is 5.41 Å². The van der Waals surface area contributed by atoms with E-state index in [9.17, 15) is 4.79 Å². The zero-order chi connectivity index (χ0) is 25.9. The Morgan fingerprint density at radius 2 is 1.92 bits per heavy atom. The minimum Gasteiger partial charge on any atom is -0.497 e. The van der Waals surface area contributed by atoms with Crippen LogP contribution in [-0.2, 0) is 10.2 Å². The van der Waals surface area contributed by atoms with Gasteiger partial charge < -0.3 is 19.9 Å². The van der Waals surface area contributed by atoms with Gasteiger partial charge in [-0.2, -0.15) is 5.10 Å². The number of nitrogens with one attached hydrogen (secondary N) is 2. The lowest BCUT2D eigenvalue weighted by atomic mass is 9.91. The Hall–Kier alpha value is -4.17. The second kappa shape index (κ2) is 8.70. The number of hydrogen-bond donors (Lipinski definition) is 2. The fraction of sp³-hybridized carbons (Fsp3) is 0.300. The van der Waals surface area contributed by atoms with Gasteiger partial charge in [-0.1, -0.05) is 18.2 Å². The van der Waals surface area contributed by atoms with Gasteiger partial charge in [0, 0.05) is 49.4 Å². The van der Waals surface area contributed by atoms with Crippen molar-refractivity contribution in [2.75, 3.05) is 50.6 Å². The molecule has 2 aromatic heterocycles. The molecule has 3 aliphatic rings. The number of carbonyl (C=O) groups excluding carboxylic acids is 1. The zero-order valence-corrected chi connectivity index (χ0v) is 21.6. The molecule has 4 heterocycles. The number of nitrogens with zero attached hydrogens (tertiary/aromatic N) is 4. The number of H-pyrrole nitrogens is 1. The average Bonchev–Trinajstić information content (AvgIpc) is 3.49. The third kappa shape index (κ3) is 3.67. The van der Waals surface area contributed by atoms with E-state index in [-0.39, 0.29) is 11.8 Å². The molecule has 1 aliphatic carbocycles. The van der Waals surface area contributed by atoms with Gasteiger partial charge in [0.1, 0.15) is 11.6 Å². The Labute approximate surface area is 221 Å². The van der Waals surface area contributed by atoms with Crippen LogP contribution in [-0.4, -0.2) is 66.3 Å². The first kappa shape index (κ1) is 23.0. The SMILES string of the molecule is COc1ccc2c(c1)C1(C[C@@H]1c1ccc3c(/C=C/c4ccc(N5CCN(C)CC5)nc4)n[nH]c3c1)C(=O)N2. The highest BCUT2D eigenvalue weighted by Gasteiger charge is 2.65. The molecule has 2 aliphatic heterocycles. The summed E-state index contributed by atoms with van der Waals surface area (Å²) >= 11 is 0. The van der Waals surface area contributed by atoms with Crippen molar-refractivity contribution in [2.45, 2.75) is 17.8 Å². The standard InChI is InChI=1S/C30H30N6O2/c1-35-11-13-36(14-12-35)28-10-4-19(18-31-28)3-8-25-22-7-5-20(15-27(22)34-33-25)24-17-30(24)23-16-21(38-2)6-9-26(23)32-29(30)37/h3-10,15-16,18,24H,11-14,17H2,1-2H3,(H,32,37)(H,33,34)/b8-3+/t24-,30?/m1/s1. The Morgan fingerprint density at radius 1 is 1.05 bits per heavy atom. The number of anilines is 2. The summed E-state index contributed by atoms with van der Waals surface area (Å²) in [5.74, 6) is 2.01. The third-order valence-electron chi connectivity index (χ3n) is 8.37.